The van der Waals surface area contributed by atoms with Gasteiger partial charge in [0.15, 0.2) is 0 Å². The highest BCUT2D eigenvalue weighted by Gasteiger charge is 2.11. The molecule has 17 heavy (non-hydrogen) atoms. The summed E-state index contributed by atoms with van der Waals surface area (Å²) in [6, 6.07) is 8.40. The summed E-state index contributed by atoms with van der Waals surface area (Å²) in [4.78, 5) is 11.4. The lowest BCUT2D eigenvalue weighted by Crippen LogP contribution is -1.99. The molecule has 0 aliphatic heterocycles. The second-order valence-corrected chi connectivity index (χ2v) is 4.53. The number of rotatable bonds is 4. The molecule has 1 heterocycles. The number of carbonyl (C=O) groups excluding carboxylic acids is 1. The minimum Gasteiger partial charge on any atom is -0.348 e. The van der Waals surface area contributed by atoms with Crippen LogP contribution in [0.3, 0.4) is 0 Å². The van der Waals surface area contributed by atoms with Crippen molar-refractivity contribution in [2.45, 2.75) is 33.1 Å². The molecule has 2 aromatic rings. The lowest BCUT2D eigenvalue weighted by Gasteiger charge is -2.01. The van der Waals surface area contributed by atoms with Crippen LogP contribution in [0, 0.1) is 6.92 Å². The van der Waals surface area contributed by atoms with E-state index in [1.54, 1.807) is 0 Å². The van der Waals surface area contributed by atoms with E-state index in [9.17, 15) is 4.79 Å². The normalized spacial score (nSPS) is 11.0. The van der Waals surface area contributed by atoms with Crippen molar-refractivity contribution in [2.24, 2.45) is 7.05 Å². The fourth-order valence-corrected chi connectivity index (χ4v) is 2.36. The van der Waals surface area contributed by atoms with E-state index in [2.05, 4.69) is 42.8 Å². The molecule has 2 rings (SSSR count). The molecule has 0 saturated heterocycles. The minimum absolute atomic E-state index is 0.345. The van der Waals surface area contributed by atoms with Crippen molar-refractivity contribution in [3.63, 3.8) is 0 Å². The number of aryl methyl sites for hydroxylation is 2. The van der Waals surface area contributed by atoms with Crippen LogP contribution in [0.1, 0.15) is 31.0 Å². The van der Waals surface area contributed by atoms with Crippen LogP contribution < -0.4 is 0 Å². The Hall–Kier alpha value is -1.57. The Labute approximate surface area is 102 Å². The molecule has 0 bridgehead atoms. The number of ketones is 1. The van der Waals surface area contributed by atoms with E-state index < -0.39 is 0 Å². The molecule has 0 saturated carbocycles. The molecular weight excluding hydrogens is 210 g/mol. The molecule has 0 amide bonds. The number of para-hydroxylation sites is 1. The van der Waals surface area contributed by atoms with Crippen LogP contribution in [0.4, 0.5) is 0 Å². The van der Waals surface area contributed by atoms with Crippen molar-refractivity contribution in [1.82, 2.24) is 4.57 Å². The Bertz CT molecular complexity index is 551. The summed E-state index contributed by atoms with van der Waals surface area (Å²) in [5.74, 6) is 0.345. The second kappa shape index (κ2) is 4.74. The molecule has 0 N–H and O–H groups in total. The maximum atomic E-state index is 11.4. The number of benzene rings is 1. The van der Waals surface area contributed by atoms with Crippen LogP contribution in [0.5, 0.6) is 0 Å². The van der Waals surface area contributed by atoms with Crippen LogP contribution in [-0.2, 0) is 18.3 Å². The zero-order valence-electron chi connectivity index (χ0n) is 10.8. The Morgan fingerprint density at radius 1 is 1.29 bits per heavy atom. The number of nitrogens with zero attached hydrogens (tertiary/aromatic N) is 1. The Morgan fingerprint density at radius 3 is 2.71 bits per heavy atom. The van der Waals surface area contributed by atoms with Gasteiger partial charge < -0.3 is 4.57 Å². The van der Waals surface area contributed by atoms with E-state index in [4.69, 9.17) is 0 Å². The quantitative estimate of drug-likeness (QED) is 0.787. The number of hydrogen-bond acceptors (Lipinski definition) is 1. The summed E-state index contributed by atoms with van der Waals surface area (Å²) in [7, 11) is 2.09. The predicted octanol–water partition coefficient (Wildman–Crippen LogP) is 3.40. The van der Waals surface area contributed by atoms with Crippen molar-refractivity contribution in [2.75, 3.05) is 0 Å². The van der Waals surface area contributed by atoms with Crippen LogP contribution in [0.2, 0.25) is 0 Å². The van der Waals surface area contributed by atoms with Gasteiger partial charge in [0.05, 0.1) is 0 Å². The van der Waals surface area contributed by atoms with E-state index in [0.717, 1.165) is 6.42 Å². The van der Waals surface area contributed by atoms with Crippen LogP contribution in [0.25, 0.3) is 10.9 Å². The molecule has 0 radical (unpaired) electrons. The van der Waals surface area contributed by atoms with Gasteiger partial charge in [-0.25, -0.2) is 0 Å². The summed E-state index contributed by atoms with van der Waals surface area (Å²) >= 11 is 0. The van der Waals surface area contributed by atoms with Gasteiger partial charge in [0, 0.05) is 36.5 Å². The van der Waals surface area contributed by atoms with Gasteiger partial charge in [-0.2, -0.15) is 0 Å². The molecule has 2 nitrogen and oxygen atoms in total. The van der Waals surface area contributed by atoms with Gasteiger partial charge in [-0.3, -0.25) is 4.79 Å². The van der Waals surface area contributed by atoms with E-state index in [0.29, 0.717) is 18.6 Å². The van der Waals surface area contributed by atoms with Gasteiger partial charge in [-0.05, 0) is 25.0 Å². The number of aromatic nitrogens is 1. The Balaban J connectivity index is 2.39. The van der Waals surface area contributed by atoms with Gasteiger partial charge in [-0.1, -0.05) is 25.1 Å². The highest BCUT2D eigenvalue weighted by Crippen LogP contribution is 2.25. The average molecular weight is 229 g/mol. The van der Waals surface area contributed by atoms with E-state index >= 15 is 0 Å². The SMILES string of the molecule is CCC(=O)CCc1c(C)n(C)c2ccccc12. The molecule has 0 unspecified atom stereocenters. The number of fused-ring (bicyclic) bond motifs is 1. The molecule has 2 heteroatoms. The first-order valence-corrected chi connectivity index (χ1v) is 6.19. The van der Waals surface area contributed by atoms with E-state index in [-0.39, 0.29) is 0 Å². The highest BCUT2D eigenvalue weighted by molar-refractivity contribution is 5.86. The molecular formula is C15H19NO. The third-order valence-corrected chi connectivity index (χ3v) is 3.58. The Kier molecular flexibility index (Phi) is 3.32. The largest absolute Gasteiger partial charge is 0.348 e. The standard InChI is InChI=1S/C15H19NO/c1-4-12(17)9-10-13-11(2)16(3)15-8-6-5-7-14(13)15/h5-8H,4,9-10H2,1-3H3. The van der Waals surface area contributed by atoms with Gasteiger partial charge >= 0.3 is 0 Å². The van der Waals surface area contributed by atoms with Gasteiger partial charge in [-0.15, -0.1) is 0 Å². The van der Waals surface area contributed by atoms with Crippen LogP contribution in [-0.4, -0.2) is 10.4 Å². The molecule has 0 atom stereocenters. The first-order chi connectivity index (χ1) is 8.15. The molecule has 0 fully saturated rings. The highest BCUT2D eigenvalue weighted by atomic mass is 16.1. The van der Waals surface area contributed by atoms with Gasteiger partial charge in [0.25, 0.3) is 0 Å². The summed E-state index contributed by atoms with van der Waals surface area (Å²) in [6.45, 7) is 4.06. The summed E-state index contributed by atoms with van der Waals surface area (Å²) in [6.07, 6.45) is 2.16. The molecule has 0 aliphatic rings. The number of hydrogen-bond donors (Lipinski definition) is 0. The van der Waals surface area contributed by atoms with Crippen molar-refractivity contribution in [3.8, 4) is 0 Å². The third kappa shape index (κ3) is 2.12. The lowest BCUT2D eigenvalue weighted by molar-refractivity contribution is -0.118. The summed E-state index contributed by atoms with van der Waals surface area (Å²) < 4.78 is 2.21. The molecule has 1 aromatic heterocycles. The maximum Gasteiger partial charge on any atom is 0.132 e. The van der Waals surface area contributed by atoms with Gasteiger partial charge in [0.1, 0.15) is 5.78 Å². The predicted molar refractivity (Wildman–Crippen MR) is 71.3 cm³/mol. The maximum absolute atomic E-state index is 11.4. The van der Waals surface area contributed by atoms with E-state index in [1.807, 2.05) is 6.92 Å². The monoisotopic (exact) mass is 229 g/mol. The zero-order chi connectivity index (χ0) is 12.4. The van der Waals surface area contributed by atoms with Crippen molar-refractivity contribution in [1.29, 1.82) is 0 Å². The van der Waals surface area contributed by atoms with Crippen molar-refractivity contribution in [3.05, 3.63) is 35.5 Å². The number of carbonyl (C=O) groups is 1. The Morgan fingerprint density at radius 2 is 2.00 bits per heavy atom. The molecule has 0 aliphatic carbocycles. The fraction of sp³-hybridized carbons (Fsp3) is 0.400. The van der Waals surface area contributed by atoms with Crippen LogP contribution >= 0.6 is 0 Å². The van der Waals surface area contributed by atoms with Gasteiger partial charge in [0.2, 0.25) is 0 Å². The first-order valence-electron chi connectivity index (χ1n) is 6.19. The van der Waals surface area contributed by atoms with Crippen molar-refractivity contribution < 1.29 is 4.79 Å². The molecule has 90 valence electrons. The average Bonchev–Trinajstić information content (AvgIpc) is 2.60. The molecule has 1 aromatic carbocycles. The van der Waals surface area contributed by atoms with Crippen LogP contribution in [0.15, 0.2) is 24.3 Å². The smallest absolute Gasteiger partial charge is 0.132 e. The van der Waals surface area contributed by atoms with Crippen molar-refractivity contribution >= 4 is 16.7 Å². The topological polar surface area (TPSA) is 22.0 Å². The number of Topliss-reactive ketones (excluding diaryl/α,β-unsaturated/α-hetero) is 1. The zero-order valence-corrected chi connectivity index (χ0v) is 10.8. The first kappa shape index (κ1) is 11.9. The van der Waals surface area contributed by atoms with E-state index in [1.165, 1.54) is 22.2 Å². The minimum atomic E-state index is 0.345. The third-order valence-electron chi connectivity index (χ3n) is 3.58. The fourth-order valence-electron chi connectivity index (χ4n) is 2.36. The molecule has 0 spiro atoms. The summed E-state index contributed by atoms with van der Waals surface area (Å²) in [5.41, 5.74) is 3.85. The summed E-state index contributed by atoms with van der Waals surface area (Å²) in [5, 5.41) is 1.29. The second-order valence-electron chi connectivity index (χ2n) is 4.53. The lowest BCUT2D eigenvalue weighted by atomic mass is 10.0.